The van der Waals surface area contributed by atoms with E-state index in [-0.39, 0.29) is 5.57 Å². The molecule has 0 saturated heterocycles. The lowest BCUT2D eigenvalue weighted by atomic mass is 10.2. The summed E-state index contributed by atoms with van der Waals surface area (Å²) in [5.74, 6) is -0.502. The van der Waals surface area contributed by atoms with Crippen LogP contribution in [0.15, 0.2) is 11.6 Å². The highest BCUT2D eigenvalue weighted by molar-refractivity contribution is 5.87. The number of aliphatic hydroxyl groups excluding tert-OH is 2. The first-order valence-electron chi connectivity index (χ1n) is 3.17. The second-order valence-corrected chi connectivity index (χ2v) is 2.09. The van der Waals surface area contributed by atoms with Crippen molar-refractivity contribution in [2.45, 2.75) is 13.0 Å². The summed E-state index contributed by atoms with van der Waals surface area (Å²) >= 11 is 0. The minimum Gasteiger partial charge on any atom is -0.466 e. The van der Waals surface area contributed by atoms with Gasteiger partial charge in [0, 0.05) is 5.57 Å². The molecule has 1 unspecified atom stereocenters. The van der Waals surface area contributed by atoms with E-state index < -0.39 is 18.7 Å². The van der Waals surface area contributed by atoms with Gasteiger partial charge in [0.1, 0.15) is 0 Å². The predicted molar refractivity (Wildman–Crippen MR) is 38.9 cm³/mol. The molecule has 0 amide bonds. The van der Waals surface area contributed by atoms with Crippen molar-refractivity contribution < 1.29 is 19.7 Å². The molecule has 0 aliphatic carbocycles. The fourth-order valence-corrected chi connectivity index (χ4v) is 0.570. The van der Waals surface area contributed by atoms with E-state index in [1.54, 1.807) is 0 Å². The molecule has 0 rings (SSSR count). The zero-order chi connectivity index (χ0) is 8.85. The molecule has 0 aliphatic rings. The van der Waals surface area contributed by atoms with Gasteiger partial charge < -0.3 is 14.9 Å². The van der Waals surface area contributed by atoms with Gasteiger partial charge in [-0.05, 0) is 13.0 Å². The first-order valence-corrected chi connectivity index (χ1v) is 3.17. The van der Waals surface area contributed by atoms with E-state index >= 15 is 0 Å². The Morgan fingerprint density at radius 2 is 2.27 bits per heavy atom. The van der Waals surface area contributed by atoms with Crippen molar-refractivity contribution in [1.29, 1.82) is 0 Å². The number of carbonyl (C=O) groups is 1. The Balaban J connectivity index is 4.09. The minimum absolute atomic E-state index is 0.286. The average Bonchev–Trinajstić information content (AvgIpc) is 2.02. The number of hydrogen-bond donors (Lipinski definition) is 2. The normalized spacial score (nSPS) is 14.4. The number of hydrogen-bond acceptors (Lipinski definition) is 4. The average molecular weight is 160 g/mol. The fourth-order valence-electron chi connectivity index (χ4n) is 0.570. The first-order chi connectivity index (χ1) is 5.11. The van der Waals surface area contributed by atoms with Crippen molar-refractivity contribution in [2.24, 2.45) is 0 Å². The van der Waals surface area contributed by atoms with Gasteiger partial charge in [0.05, 0.1) is 19.8 Å². The molecule has 0 bridgehead atoms. The summed E-state index contributed by atoms with van der Waals surface area (Å²) in [5.41, 5.74) is 0.286. The van der Waals surface area contributed by atoms with Crippen LogP contribution in [-0.4, -0.2) is 36.0 Å². The van der Waals surface area contributed by atoms with Gasteiger partial charge in [0.15, 0.2) is 0 Å². The van der Waals surface area contributed by atoms with Gasteiger partial charge in [-0.15, -0.1) is 0 Å². The molecule has 0 aromatic heterocycles. The van der Waals surface area contributed by atoms with Crippen molar-refractivity contribution in [3.63, 3.8) is 0 Å². The van der Waals surface area contributed by atoms with E-state index in [1.165, 1.54) is 20.1 Å². The van der Waals surface area contributed by atoms with E-state index in [0.717, 1.165) is 0 Å². The van der Waals surface area contributed by atoms with Gasteiger partial charge >= 0.3 is 5.97 Å². The summed E-state index contributed by atoms with van der Waals surface area (Å²) < 4.78 is 4.36. The number of methoxy groups -OCH3 is 1. The van der Waals surface area contributed by atoms with Crippen LogP contribution < -0.4 is 0 Å². The van der Waals surface area contributed by atoms with Crippen LogP contribution in [0.5, 0.6) is 0 Å². The molecule has 4 nitrogen and oxygen atoms in total. The predicted octanol–water partition coefficient (Wildman–Crippen LogP) is -0.541. The summed E-state index contributed by atoms with van der Waals surface area (Å²) in [6.45, 7) is 1.11. The molecule has 64 valence electrons. The monoisotopic (exact) mass is 160 g/mol. The molecule has 4 heteroatoms. The van der Waals surface area contributed by atoms with Crippen LogP contribution in [0.4, 0.5) is 0 Å². The Bertz CT molecular complexity index is 162. The van der Waals surface area contributed by atoms with E-state index in [0.29, 0.717) is 0 Å². The lowest BCUT2D eigenvalue weighted by Gasteiger charge is -2.02. The van der Waals surface area contributed by atoms with Crippen molar-refractivity contribution in [3.05, 3.63) is 11.6 Å². The zero-order valence-electron chi connectivity index (χ0n) is 6.57. The van der Waals surface area contributed by atoms with Crippen LogP contribution in [-0.2, 0) is 9.53 Å². The summed E-state index contributed by atoms with van der Waals surface area (Å²) in [5, 5.41) is 17.2. The Morgan fingerprint density at radius 1 is 1.73 bits per heavy atom. The molecule has 2 N–H and O–H groups in total. The van der Waals surface area contributed by atoms with Crippen LogP contribution in [0.3, 0.4) is 0 Å². The molecular weight excluding hydrogens is 148 g/mol. The fraction of sp³-hybridized carbons (Fsp3) is 0.571. The molecule has 1 atom stereocenters. The second kappa shape index (κ2) is 4.87. The highest BCUT2D eigenvalue weighted by Crippen LogP contribution is 1.97. The van der Waals surface area contributed by atoms with Gasteiger partial charge in [0.2, 0.25) is 0 Å². The molecule has 0 saturated carbocycles. The standard InChI is InChI=1S/C7H12O4/c1-5(7(10)11-2)3-6(9)4-8/h3,6,8-9H,4H2,1-2H3/b5-3+. The summed E-state index contributed by atoms with van der Waals surface area (Å²) in [6, 6.07) is 0. The Hall–Kier alpha value is -0.870. The summed E-state index contributed by atoms with van der Waals surface area (Å²) in [4.78, 5) is 10.7. The Morgan fingerprint density at radius 3 is 2.64 bits per heavy atom. The zero-order valence-corrected chi connectivity index (χ0v) is 6.57. The largest absolute Gasteiger partial charge is 0.466 e. The number of esters is 1. The first kappa shape index (κ1) is 10.1. The SMILES string of the molecule is COC(=O)/C(C)=C/C(O)CO. The molecule has 0 heterocycles. The number of carbonyl (C=O) groups excluding carboxylic acids is 1. The van der Waals surface area contributed by atoms with Crippen molar-refractivity contribution in [1.82, 2.24) is 0 Å². The van der Waals surface area contributed by atoms with E-state index in [9.17, 15) is 4.79 Å². The molecule has 0 aromatic rings. The van der Waals surface area contributed by atoms with Crippen molar-refractivity contribution >= 4 is 5.97 Å². The maximum atomic E-state index is 10.7. The third-order valence-electron chi connectivity index (χ3n) is 1.14. The van der Waals surface area contributed by atoms with Crippen LogP contribution in [0.1, 0.15) is 6.92 Å². The minimum atomic E-state index is -0.992. The van der Waals surface area contributed by atoms with Crippen LogP contribution in [0.2, 0.25) is 0 Å². The maximum absolute atomic E-state index is 10.7. The molecule has 11 heavy (non-hydrogen) atoms. The van der Waals surface area contributed by atoms with Crippen molar-refractivity contribution in [3.8, 4) is 0 Å². The number of aliphatic hydroxyl groups is 2. The highest BCUT2D eigenvalue weighted by Gasteiger charge is 2.05. The highest BCUT2D eigenvalue weighted by atomic mass is 16.5. The molecule has 0 aromatic carbocycles. The van der Waals surface area contributed by atoms with Crippen LogP contribution >= 0.6 is 0 Å². The topological polar surface area (TPSA) is 66.8 Å². The quantitative estimate of drug-likeness (QED) is 0.430. The van der Waals surface area contributed by atoms with Gasteiger partial charge in [-0.1, -0.05) is 0 Å². The Labute approximate surface area is 65.1 Å². The molecular formula is C7H12O4. The lowest BCUT2D eigenvalue weighted by molar-refractivity contribution is -0.136. The van der Waals surface area contributed by atoms with E-state index in [2.05, 4.69) is 4.74 Å². The van der Waals surface area contributed by atoms with Crippen LogP contribution in [0, 0.1) is 0 Å². The van der Waals surface area contributed by atoms with Crippen LogP contribution in [0.25, 0.3) is 0 Å². The lowest BCUT2D eigenvalue weighted by Crippen LogP contribution is -2.11. The van der Waals surface area contributed by atoms with E-state index in [1.807, 2.05) is 0 Å². The summed E-state index contributed by atoms with van der Waals surface area (Å²) in [7, 11) is 1.25. The molecule has 0 radical (unpaired) electrons. The van der Waals surface area contributed by atoms with Gasteiger partial charge in [0.25, 0.3) is 0 Å². The van der Waals surface area contributed by atoms with Crippen molar-refractivity contribution in [2.75, 3.05) is 13.7 Å². The third kappa shape index (κ3) is 3.75. The number of ether oxygens (including phenoxy) is 1. The second-order valence-electron chi connectivity index (χ2n) is 2.09. The van der Waals surface area contributed by atoms with E-state index in [4.69, 9.17) is 10.2 Å². The maximum Gasteiger partial charge on any atom is 0.333 e. The molecule has 0 aliphatic heterocycles. The number of rotatable bonds is 3. The summed E-state index contributed by atoms with van der Waals surface area (Å²) in [6.07, 6.45) is 0.250. The third-order valence-corrected chi connectivity index (χ3v) is 1.14. The van der Waals surface area contributed by atoms with Gasteiger partial charge in [-0.2, -0.15) is 0 Å². The smallest absolute Gasteiger partial charge is 0.333 e. The van der Waals surface area contributed by atoms with Gasteiger partial charge in [-0.3, -0.25) is 0 Å². The molecule has 0 spiro atoms. The Kier molecular flexibility index (Phi) is 4.49. The van der Waals surface area contributed by atoms with Gasteiger partial charge in [-0.25, -0.2) is 4.79 Å². The molecule has 0 fully saturated rings.